The van der Waals surface area contributed by atoms with Gasteiger partial charge in [-0.25, -0.2) is 4.39 Å². The number of piperidine rings is 1. The molecule has 1 saturated heterocycles. The number of benzene rings is 2. The van der Waals surface area contributed by atoms with Crippen molar-refractivity contribution in [2.45, 2.75) is 25.5 Å². The van der Waals surface area contributed by atoms with Gasteiger partial charge in [0, 0.05) is 47.7 Å². The molecule has 6 nitrogen and oxygen atoms in total. The summed E-state index contributed by atoms with van der Waals surface area (Å²) in [6.07, 6.45) is 2.45. The first-order chi connectivity index (χ1) is 15.9. The Bertz CT molecular complexity index is 1300. The van der Waals surface area contributed by atoms with Gasteiger partial charge in [0.15, 0.2) is 0 Å². The average molecular weight is 466 g/mol. The largest absolute Gasteiger partial charge is 0.380 e. The number of hydrogen-bond acceptors (Lipinski definition) is 5. The Balaban J connectivity index is 1.73. The van der Waals surface area contributed by atoms with E-state index in [-0.39, 0.29) is 18.0 Å². The summed E-state index contributed by atoms with van der Waals surface area (Å²) in [5.41, 5.74) is 12.0. The van der Waals surface area contributed by atoms with E-state index in [0.29, 0.717) is 23.8 Å². The molecular formula is C25H25ClFN5O. The molecule has 2 atom stereocenters. The predicted octanol–water partition coefficient (Wildman–Crippen LogP) is 4.95. The second-order valence-corrected chi connectivity index (χ2v) is 9.08. The molecular weight excluding hydrogens is 441 g/mol. The van der Waals surface area contributed by atoms with E-state index in [0.717, 1.165) is 45.4 Å². The van der Waals surface area contributed by atoms with Gasteiger partial charge in [0.25, 0.3) is 0 Å². The van der Waals surface area contributed by atoms with E-state index in [4.69, 9.17) is 22.1 Å². The number of hydrogen-bond donors (Lipinski definition) is 2. The number of aromatic nitrogens is 3. The van der Waals surface area contributed by atoms with Crippen LogP contribution in [0.4, 0.5) is 10.1 Å². The Morgan fingerprint density at radius 2 is 2.03 bits per heavy atom. The quantitative estimate of drug-likeness (QED) is 0.446. The summed E-state index contributed by atoms with van der Waals surface area (Å²) in [7, 11) is 1.70. The number of fused-ring (bicyclic) bond motifs is 1. The van der Waals surface area contributed by atoms with Crippen molar-refractivity contribution >= 4 is 28.2 Å². The fraction of sp³-hybridized carbons (Fsp3) is 0.280. The highest BCUT2D eigenvalue weighted by Crippen LogP contribution is 2.40. The number of nitrogens with one attached hydrogen (secondary N) is 1. The third kappa shape index (κ3) is 4.31. The SMILES string of the molecule is COC1CC(N)CN(c2c(-c3cc(C)cc(F)c3)cnnc2-c2cc3ccc(Cl)cc3[nH]2)C1. The van der Waals surface area contributed by atoms with Crippen LogP contribution in [0.1, 0.15) is 12.0 Å². The molecule has 5 rings (SSSR count). The monoisotopic (exact) mass is 465 g/mol. The molecule has 0 spiro atoms. The molecule has 2 unspecified atom stereocenters. The Morgan fingerprint density at radius 3 is 2.82 bits per heavy atom. The van der Waals surface area contributed by atoms with Crippen LogP contribution in [0.25, 0.3) is 33.4 Å². The molecule has 0 amide bonds. The molecule has 8 heteroatoms. The van der Waals surface area contributed by atoms with Crippen LogP contribution in [0.5, 0.6) is 0 Å². The van der Waals surface area contributed by atoms with Crippen molar-refractivity contribution in [1.82, 2.24) is 15.2 Å². The first kappa shape index (κ1) is 21.8. The molecule has 0 bridgehead atoms. The van der Waals surface area contributed by atoms with Crippen LogP contribution in [0.2, 0.25) is 5.02 Å². The Morgan fingerprint density at radius 1 is 1.18 bits per heavy atom. The highest BCUT2D eigenvalue weighted by atomic mass is 35.5. The fourth-order valence-electron chi connectivity index (χ4n) is 4.66. The molecule has 33 heavy (non-hydrogen) atoms. The summed E-state index contributed by atoms with van der Waals surface area (Å²) >= 11 is 6.19. The second-order valence-electron chi connectivity index (χ2n) is 8.65. The third-order valence-corrected chi connectivity index (χ3v) is 6.35. The number of aromatic amines is 1. The zero-order valence-corrected chi connectivity index (χ0v) is 19.2. The van der Waals surface area contributed by atoms with Gasteiger partial charge < -0.3 is 20.4 Å². The number of H-pyrrole nitrogens is 1. The molecule has 1 fully saturated rings. The molecule has 1 aliphatic heterocycles. The highest BCUT2D eigenvalue weighted by Gasteiger charge is 2.30. The minimum Gasteiger partial charge on any atom is -0.380 e. The van der Waals surface area contributed by atoms with E-state index in [1.807, 2.05) is 37.3 Å². The van der Waals surface area contributed by atoms with E-state index in [2.05, 4.69) is 20.1 Å². The van der Waals surface area contributed by atoms with Gasteiger partial charge in [-0.3, -0.25) is 0 Å². The van der Waals surface area contributed by atoms with Gasteiger partial charge in [-0.1, -0.05) is 23.7 Å². The zero-order valence-electron chi connectivity index (χ0n) is 18.5. The maximum atomic E-state index is 14.4. The number of anilines is 1. The Kier molecular flexibility index (Phi) is 5.78. The van der Waals surface area contributed by atoms with Gasteiger partial charge in [-0.15, -0.1) is 5.10 Å². The molecule has 3 N–H and O–H groups in total. The fourth-order valence-corrected chi connectivity index (χ4v) is 4.83. The van der Waals surface area contributed by atoms with Crippen molar-refractivity contribution in [1.29, 1.82) is 0 Å². The lowest BCUT2D eigenvalue weighted by Gasteiger charge is -2.38. The molecule has 2 aromatic carbocycles. The maximum absolute atomic E-state index is 14.4. The summed E-state index contributed by atoms with van der Waals surface area (Å²) in [5.74, 6) is -0.292. The smallest absolute Gasteiger partial charge is 0.133 e. The number of halogens is 2. The highest BCUT2D eigenvalue weighted by molar-refractivity contribution is 6.31. The predicted molar refractivity (Wildman–Crippen MR) is 130 cm³/mol. The lowest BCUT2D eigenvalue weighted by molar-refractivity contribution is 0.0836. The Hall–Kier alpha value is -3.00. The molecule has 0 radical (unpaired) electrons. The van der Waals surface area contributed by atoms with E-state index >= 15 is 0 Å². The minimum atomic E-state index is -0.292. The van der Waals surface area contributed by atoms with Crippen LogP contribution in [-0.4, -0.2) is 47.5 Å². The first-order valence-corrected chi connectivity index (χ1v) is 11.2. The number of rotatable bonds is 4. The normalized spacial score (nSPS) is 18.8. The molecule has 2 aromatic heterocycles. The second kappa shape index (κ2) is 8.74. The topological polar surface area (TPSA) is 80.1 Å². The van der Waals surface area contributed by atoms with Crippen molar-refractivity contribution in [3.8, 4) is 22.5 Å². The van der Waals surface area contributed by atoms with Gasteiger partial charge in [-0.05, 0) is 54.8 Å². The summed E-state index contributed by atoms with van der Waals surface area (Å²) in [4.78, 5) is 5.60. The van der Waals surface area contributed by atoms with Gasteiger partial charge in [0.2, 0.25) is 0 Å². The molecule has 3 heterocycles. The zero-order chi connectivity index (χ0) is 23.1. The lowest BCUT2D eigenvalue weighted by Crippen LogP contribution is -2.50. The van der Waals surface area contributed by atoms with Crippen molar-refractivity contribution in [3.05, 3.63) is 65.1 Å². The number of nitrogens with two attached hydrogens (primary N) is 1. The average Bonchev–Trinajstić information content (AvgIpc) is 3.20. The number of methoxy groups -OCH3 is 1. The van der Waals surface area contributed by atoms with Crippen molar-refractivity contribution < 1.29 is 9.13 Å². The summed E-state index contributed by atoms with van der Waals surface area (Å²) in [6, 6.07) is 12.7. The summed E-state index contributed by atoms with van der Waals surface area (Å²) in [6.45, 7) is 3.16. The van der Waals surface area contributed by atoms with E-state index in [1.165, 1.54) is 12.1 Å². The Labute approximate surface area is 196 Å². The van der Waals surface area contributed by atoms with Gasteiger partial charge in [0.05, 0.1) is 23.7 Å². The van der Waals surface area contributed by atoms with Crippen LogP contribution in [0, 0.1) is 12.7 Å². The first-order valence-electron chi connectivity index (χ1n) is 10.9. The molecule has 1 aliphatic rings. The number of aryl methyl sites for hydroxylation is 1. The molecule has 170 valence electrons. The van der Waals surface area contributed by atoms with Crippen LogP contribution in [0.15, 0.2) is 48.7 Å². The van der Waals surface area contributed by atoms with Crippen LogP contribution < -0.4 is 10.6 Å². The molecule has 4 aromatic rings. The van der Waals surface area contributed by atoms with E-state index in [1.54, 1.807) is 13.3 Å². The number of nitrogens with zero attached hydrogens (tertiary/aromatic N) is 3. The lowest BCUT2D eigenvalue weighted by atomic mass is 9.97. The van der Waals surface area contributed by atoms with Gasteiger partial charge in [0.1, 0.15) is 11.5 Å². The molecule has 0 saturated carbocycles. The maximum Gasteiger partial charge on any atom is 0.133 e. The standard InChI is InChI=1S/C25H25ClFN5O/c1-14-5-16(7-18(27)6-14)21-11-29-31-24(23-8-15-3-4-17(26)9-22(15)30-23)25(21)32-12-19(28)10-20(13-32)33-2/h3-9,11,19-20,30H,10,12-13,28H2,1-2H3. The minimum absolute atomic E-state index is 0.0154. The summed E-state index contributed by atoms with van der Waals surface area (Å²) in [5, 5.41) is 10.5. The van der Waals surface area contributed by atoms with Crippen molar-refractivity contribution in [2.24, 2.45) is 5.73 Å². The third-order valence-electron chi connectivity index (χ3n) is 6.11. The van der Waals surface area contributed by atoms with Gasteiger partial charge >= 0.3 is 0 Å². The van der Waals surface area contributed by atoms with Crippen LogP contribution in [0.3, 0.4) is 0 Å². The van der Waals surface area contributed by atoms with E-state index in [9.17, 15) is 4.39 Å². The number of ether oxygens (including phenoxy) is 1. The molecule has 0 aliphatic carbocycles. The summed E-state index contributed by atoms with van der Waals surface area (Å²) < 4.78 is 20.0. The van der Waals surface area contributed by atoms with E-state index < -0.39 is 0 Å². The van der Waals surface area contributed by atoms with Crippen molar-refractivity contribution in [2.75, 3.05) is 25.1 Å². The van der Waals surface area contributed by atoms with Crippen LogP contribution >= 0.6 is 11.6 Å². The van der Waals surface area contributed by atoms with Crippen LogP contribution in [-0.2, 0) is 4.74 Å². The van der Waals surface area contributed by atoms with Gasteiger partial charge in [-0.2, -0.15) is 5.10 Å². The van der Waals surface area contributed by atoms with Crippen molar-refractivity contribution in [3.63, 3.8) is 0 Å².